The number of hydrogen-bond donors (Lipinski definition) is 2. The first kappa shape index (κ1) is 13.8. The van der Waals surface area contributed by atoms with Crippen LogP contribution in [0.5, 0.6) is 0 Å². The van der Waals surface area contributed by atoms with Crippen molar-refractivity contribution in [3.05, 3.63) is 71.1 Å². The Labute approximate surface area is 134 Å². The molecule has 23 heavy (non-hydrogen) atoms. The van der Waals surface area contributed by atoms with Crippen LogP contribution in [-0.4, -0.2) is 16.1 Å². The predicted molar refractivity (Wildman–Crippen MR) is 90.2 cm³/mol. The molecule has 0 radical (unpaired) electrons. The number of hydrogen-bond acceptors (Lipinski definition) is 2. The lowest BCUT2D eigenvalue weighted by molar-refractivity contribution is 0.0950. The molecular weight excluding hydrogens is 286 g/mol. The Hall–Kier alpha value is -2.88. The van der Waals surface area contributed by atoms with Crippen molar-refractivity contribution in [3.8, 4) is 11.1 Å². The molecule has 1 amide bonds. The van der Waals surface area contributed by atoms with Gasteiger partial charge in [0, 0.05) is 23.2 Å². The fourth-order valence-electron chi connectivity index (χ4n) is 3.16. The molecule has 1 aliphatic heterocycles. The maximum atomic E-state index is 12.7. The van der Waals surface area contributed by atoms with Gasteiger partial charge < -0.3 is 5.32 Å². The zero-order chi connectivity index (χ0) is 15.6. The second kappa shape index (κ2) is 5.72. The van der Waals surface area contributed by atoms with Crippen LogP contribution in [0.2, 0.25) is 0 Å². The van der Waals surface area contributed by atoms with E-state index in [1.54, 1.807) is 6.20 Å². The highest BCUT2D eigenvalue weighted by atomic mass is 16.1. The van der Waals surface area contributed by atoms with Crippen LogP contribution in [-0.2, 0) is 13.0 Å². The summed E-state index contributed by atoms with van der Waals surface area (Å²) in [6, 6.07) is 11.9. The van der Waals surface area contributed by atoms with Crippen molar-refractivity contribution in [2.24, 2.45) is 0 Å². The minimum atomic E-state index is -0.0205. The molecule has 0 spiro atoms. The number of nitrogens with zero attached hydrogens (tertiary/aromatic N) is 1. The van der Waals surface area contributed by atoms with Gasteiger partial charge in [0.2, 0.25) is 0 Å². The van der Waals surface area contributed by atoms with Gasteiger partial charge in [-0.3, -0.25) is 9.89 Å². The molecule has 1 heterocycles. The normalized spacial score (nSPS) is 13.0. The maximum absolute atomic E-state index is 12.7. The summed E-state index contributed by atoms with van der Waals surface area (Å²) < 4.78 is 0. The number of aromatic nitrogens is 2. The zero-order valence-electron chi connectivity index (χ0n) is 12.7. The van der Waals surface area contributed by atoms with Gasteiger partial charge in [-0.15, -0.1) is 0 Å². The predicted octanol–water partition coefficient (Wildman–Crippen LogP) is 3.40. The molecule has 0 bridgehead atoms. The standard InChI is InChI=1S/C19H17N3O/c23-19(20-11-13-6-2-1-3-7-13)16-10-14-12-21-22-17-9-5-4-8-15(16)18(14)17/h1-3,5-7,9-10,12,22H,4,8,11H2,(H,20,23). The number of benzene rings is 1. The van der Waals surface area contributed by atoms with Gasteiger partial charge in [0.15, 0.2) is 0 Å². The number of nitrogens with one attached hydrogen (secondary N) is 2. The Morgan fingerprint density at radius 1 is 1.26 bits per heavy atom. The summed E-state index contributed by atoms with van der Waals surface area (Å²) in [7, 11) is 0. The van der Waals surface area contributed by atoms with E-state index in [0.717, 1.165) is 46.4 Å². The Bertz CT molecular complexity index is 848. The van der Waals surface area contributed by atoms with Crippen molar-refractivity contribution in [2.75, 3.05) is 0 Å². The van der Waals surface area contributed by atoms with Crippen LogP contribution in [0.25, 0.3) is 17.2 Å². The summed E-state index contributed by atoms with van der Waals surface area (Å²) >= 11 is 0. The Morgan fingerprint density at radius 2 is 2.13 bits per heavy atom. The van der Waals surface area contributed by atoms with Gasteiger partial charge >= 0.3 is 0 Å². The van der Waals surface area contributed by atoms with Crippen molar-refractivity contribution in [2.45, 2.75) is 19.4 Å². The van der Waals surface area contributed by atoms with Gasteiger partial charge in [-0.1, -0.05) is 36.4 Å². The number of H-pyrrole nitrogens is 1. The van der Waals surface area contributed by atoms with E-state index < -0.39 is 0 Å². The maximum Gasteiger partial charge on any atom is 0.251 e. The van der Waals surface area contributed by atoms with Crippen LogP contribution in [0.3, 0.4) is 0 Å². The first-order valence-electron chi connectivity index (χ1n) is 7.80. The van der Waals surface area contributed by atoms with E-state index in [1.165, 1.54) is 0 Å². The quantitative estimate of drug-likeness (QED) is 0.779. The van der Waals surface area contributed by atoms with E-state index in [0.29, 0.717) is 6.54 Å². The van der Waals surface area contributed by atoms with Crippen LogP contribution in [0.15, 0.2) is 48.7 Å². The fraction of sp³-hybridized carbons (Fsp3) is 0.158. The number of carbonyl (C=O) groups is 1. The molecule has 0 saturated heterocycles. The summed E-state index contributed by atoms with van der Waals surface area (Å²) in [6.45, 7) is 0.538. The van der Waals surface area contributed by atoms with Gasteiger partial charge in [-0.05, 0) is 36.1 Å². The topological polar surface area (TPSA) is 57.8 Å². The van der Waals surface area contributed by atoms with Crippen molar-refractivity contribution in [3.63, 3.8) is 0 Å². The second-order valence-electron chi connectivity index (χ2n) is 5.76. The third-order valence-corrected chi connectivity index (χ3v) is 4.26. The minimum Gasteiger partial charge on any atom is -0.348 e. The molecule has 2 N–H and O–H groups in total. The van der Waals surface area contributed by atoms with Gasteiger partial charge in [0.05, 0.1) is 11.9 Å². The van der Waals surface area contributed by atoms with Gasteiger partial charge in [0.1, 0.15) is 0 Å². The average Bonchev–Trinajstić information content (AvgIpc) is 2.82. The van der Waals surface area contributed by atoms with E-state index >= 15 is 0 Å². The summed E-state index contributed by atoms with van der Waals surface area (Å²) in [4.78, 5) is 12.7. The number of rotatable bonds is 3. The molecule has 4 nitrogen and oxygen atoms in total. The number of allylic oxidation sites excluding steroid dienone is 1. The van der Waals surface area contributed by atoms with Gasteiger partial charge in [0.25, 0.3) is 5.91 Å². The lowest BCUT2D eigenvalue weighted by atomic mass is 10.0. The van der Waals surface area contributed by atoms with Gasteiger partial charge in [-0.2, -0.15) is 5.10 Å². The van der Waals surface area contributed by atoms with Gasteiger partial charge in [-0.25, -0.2) is 0 Å². The molecule has 1 aromatic carbocycles. The highest BCUT2D eigenvalue weighted by Gasteiger charge is 2.23. The van der Waals surface area contributed by atoms with Crippen molar-refractivity contribution >= 4 is 12.0 Å². The average molecular weight is 303 g/mol. The van der Waals surface area contributed by atoms with Crippen LogP contribution in [0, 0.1) is 0 Å². The van der Waals surface area contributed by atoms with Crippen molar-refractivity contribution < 1.29 is 4.79 Å². The zero-order valence-corrected chi connectivity index (χ0v) is 12.7. The smallest absolute Gasteiger partial charge is 0.251 e. The van der Waals surface area contributed by atoms with Crippen molar-refractivity contribution in [1.82, 2.24) is 15.5 Å². The molecule has 4 heteroatoms. The lowest BCUT2D eigenvalue weighted by Crippen LogP contribution is -2.23. The highest BCUT2D eigenvalue weighted by molar-refractivity contribution is 6.01. The van der Waals surface area contributed by atoms with Crippen LogP contribution in [0.1, 0.15) is 33.6 Å². The summed E-state index contributed by atoms with van der Waals surface area (Å²) in [5.41, 5.74) is 6.10. The molecule has 0 fully saturated rings. The lowest BCUT2D eigenvalue weighted by Gasteiger charge is -2.08. The number of carbonyl (C=O) groups excluding carboxylic acids is 1. The molecule has 114 valence electrons. The van der Waals surface area contributed by atoms with E-state index in [4.69, 9.17) is 0 Å². The molecule has 4 rings (SSSR count). The monoisotopic (exact) mass is 303 g/mol. The molecule has 0 aromatic heterocycles. The van der Waals surface area contributed by atoms with E-state index in [1.807, 2.05) is 36.4 Å². The molecule has 0 atom stereocenters. The molecule has 3 aliphatic rings. The largest absolute Gasteiger partial charge is 0.348 e. The van der Waals surface area contributed by atoms with E-state index in [9.17, 15) is 4.79 Å². The Balaban J connectivity index is 1.65. The van der Waals surface area contributed by atoms with E-state index in [2.05, 4.69) is 27.7 Å². The van der Waals surface area contributed by atoms with E-state index in [-0.39, 0.29) is 5.91 Å². The SMILES string of the molecule is O=C(NCc1ccccc1)c1cc2cn[nH]c3c-2c1CCC=C3. The summed E-state index contributed by atoms with van der Waals surface area (Å²) in [5, 5.41) is 10.2. The molecule has 0 saturated carbocycles. The molecule has 0 unspecified atom stereocenters. The number of aromatic amines is 1. The first-order chi connectivity index (χ1) is 11.3. The number of amides is 1. The molecule has 1 aromatic rings. The van der Waals surface area contributed by atoms with Crippen LogP contribution < -0.4 is 5.32 Å². The van der Waals surface area contributed by atoms with Crippen molar-refractivity contribution in [1.29, 1.82) is 0 Å². The third kappa shape index (κ3) is 2.52. The first-order valence-corrected chi connectivity index (χ1v) is 7.80. The second-order valence-corrected chi connectivity index (χ2v) is 5.76. The Morgan fingerprint density at radius 3 is 3.00 bits per heavy atom. The van der Waals surface area contributed by atoms with Crippen LogP contribution in [0.4, 0.5) is 0 Å². The summed E-state index contributed by atoms with van der Waals surface area (Å²) in [6.07, 6.45) is 7.77. The fourth-order valence-corrected chi connectivity index (χ4v) is 3.16. The molecular formula is C19H17N3O. The highest BCUT2D eigenvalue weighted by Crippen LogP contribution is 2.36. The minimum absolute atomic E-state index is 0.0205. The third-order valence-electron chi connectivity index (χ3n) is 4.26. The summed E-state index contributed by atoms with van der Waals surface area (Å²) in [5.74, 6) is -0.0205. The Kier molecular flexibility index (Phi) is 3.42. The van der Waals surface area contributed by atoms with Crippen LogP contribution >= 0.6 is 0 Å². The molecule has 2 aliphatic carbocycles.